The van der Waals surface area contributed by atoms with Gasteiger partial charge in [-0.2, -0.15) is 0 Å². The topological polar surface area (TPSA) is 29.3 Å². The maximum atomic E-state index is 6.02. The lowest BCUT2D eigenvalue weighted by atomic mass is 10.2. The van der Waals surface area contributed by atoms with Crippen molar-refractivity contribution >= 4 is 47.0 Å². The van der Waals surface area contributed by atoms with Gasteiger partial charge in [0.05, 0.1) is 0 Å². The summed E-state index contributed by atoms with van der Waals surface area (Å²) in [5.41, 5.74) is 7.01. The van der Waals surface area contributed by atoms with Crippen LogP contribution in [0, 0.1) is 0 Å². The number of nitrogens with two attached hydrogens (primary N) is 1. The summed E-state index contributed by atoms with van der Waals surface area (Å²) < 4.78 is 0. The first-order chi connectivity index (χ1) is 6.52. The lowest BCUT2D eigenvalue weighted by molar-refractivity contribution is 0.770. The molecule has 0 saturated heterocycles. The van der Waals surface area contributed by atoms with E-state index < -0.39 is 0 Å². The molecule has 0 radical (unpaired) electrons. The molecule has 0 aliphatic rings. The van der Waals surface area contributed by atoms with Gasteiger partial charge >= 0.3 is 0 Å². The number of benzene rings is 1. The zero-order valence-corrected chi connectivity index (χ0v) is 11.0. The van der Waals surface area contributed by atoms with Crippen molar-refractivity contribution < 1.29 is 0 Å². The molecule has 0 amide bonds. The second-order valence-corrected chi connectivity index (χ2v) is 4.41. The Bertz CT molecular complexity index is 277. The molecule has 86 valence electrons. The average molecular weight is 270 g/mol. The summed E-state index contributed by atoms with van der Waals surface area (Å²) in [4.78, 5) is 1.91. The van der Waals surface area contributed by atoms with Crippen LogP contribution in [0.4, 0.5) is 11.4 Å². The zero-order chi connectivity index (χ0) is 10.7. The van der Waals surface area contributed by atoms with Gasteiger partial charge in [0, 0.05) is 11.4 Å². The van der Waals surface area contributed by atoms with Crippen LogP contribution in [0.25, 0.3) is 0 Å². The van der Waals surface area contributed by atoms with Crippen LogP contribution in [0.1, 0.15) is 13.8 Å². The van der Waals surface area contributed by atoms with Crippen molar-refractivity contribution in [3.8, 4) is 0 Å². The SMILES string of the molecule is CC(Cl)N(c1ccc(N)cc1)C(C)Cl.Cl. The van der Waals surface area contributed by atoms with E-state index in [0.717, 1.165) is 11.4 Å². The molecule has 0 heterocycles. The van der Waals surface area contributed by atoms with E-state index in [9.17, 15) is 0 Å². The van der Waals surface area contributed by atoms with Crippen molar-refractivity contribution in [2.24, 2.45) is 0 Å². The number of nitrogens with zero attached hydrogens (tertiary/aromatic N) is 1. The van der Waals surface area contributed by atoms with Gasteiger partial charge in [0.2, 0.25) is 0 Å². The first kappa shape index (κ1) is 14.7. The highest BCUT2D eigenvalue weighted by molar-refractivity contribution is 6.25. The first-order valence-electron chi connectivity index (χ1n) is 4.44. The van der Waals surface area contributed by atoms with E-state index in [0.29, 0.717) is 0 Å². The van der Waals surface area contributed by atoms with Crippen LogP contribution >= 0.6 is 35.6 Å². The van der Waals surface area contributed by atoms with Crippen LogP contribution in [0.5, 0.6) is 0 Å². The van der Waals surface area contributed by atoms with Gasteiger partial charge in [0.1, 0.15) is 11.0 Å². The Morgan fingerprint density at radius 3 is 1.80 bits per heavy atom. The third-order valence-corrected chi connectivity index (χ3v) is 2.38. The van der Waals surface area contributed by atoms with E-state index in [-0.39, 0.29) is 23.4 Å². The highest BCUT2D eigenvalue weighted by atomic mass is 35.5. The summed E-state index contributed by atoms with van der Waals surface area (Å²) in [6, 6.07) is 7.49. The van der Waals surface area contributed by atoms with Crippen molar-refractivity contribution in [1.82, 2.24) is 0 Å². The van der Waals surface area contributed by atoms with Gasteiger partial charge in [-0.1, -0.05) is 23.2 Å². The molecule has 2 unspecified atom stereocenters. The minimum atomic E-state index is -0.147. The van der Waals surface area contributed by atoms with Gasteiger partial charge in [0.15, 0.2) is 0 Å². The maximum Gasteiger partial charge on any atom is 0.102 e. The fourth-order valence-electron chi connectivity index (χ4n) is 1.34. The van der Waals surface area contributed by atoms with Crippen LogP contribution in [-0.4, -0.2) is 11.0 Å². The van der Waals surface area contributed by atoms with Crippen molar-refractivity contribution in [3.63, 3.8) is 0 Å². The molecular formula is C10H15Cl3N2. The van der Waals surface area contributed by atoms with Crippen LogP contribution in [0.3, 0.4) is 0 Å². The van der Waals surface area contributed by atoms with Gasteiger partial charge < -0.3 is 10.6 Å². The van der Waals surface area contributed by atoms with Gasteiger partial charge in [-0.15, -0.1) is 12.4 Å². The van der Waals surface area contributed by atoms with E-state index in [2.05, 4.69) is 0 Å². The first-order valence-corrected chi connectivity index (χ1v) is 5.31. The van der Waals surface area contributed by atoms with Gasteiger partial charge in [0.25, 0.3) is 0 Å². The number of hydrogen-bond acceptors (Lipinski definition) is 2. The minimum Gasteiger partial charge on any atom is -0.399 e. The third kappa shape index (κ3) is 3.98. The fraction of sp³-hybridized carbons (Fsp3) is 0.400. The van der Waals surface area contributed by atoms with Crippen molar-refractivity contribution in [2.75, 3.05) is 10.6 Å². The highest BCUT2D eigenvalue weighted by Crippen LogP contribution is 2.24. The molecule has 2 N–H and O–H groups in total. The molecule has 5 heteroatoms. The van der Waals surface area contributed by atoms with E-state index >= 15 is 0 Å². The van der Waals surface area contributed by atoms with Crippen LogP contribution in [-0.2, 0) is 0 Å². The van der Waals surface area contributed by atoms with Crippen LogP contribution in [0.15, 0.2) is 24.3 Å². The van der Waals surface area contributed by atoms with E-state index in [1.807, 2.05) is 43.0 Å². The smallest absolute Gasteiger partial charge is 0.102 e. The van der Waals surface area contributed by atoms with Gasteiger partial charge in [-0.05, 0) is 38.1 Å². The normalized spacial score (nSPS) is 13.9. The molecule has 2 nitrogen and oxygen atoms in total. The quantitative estimate of drug-likeness (QED) is 0.515. The van der Waals surface area contributed by atoms with E-state index in [4.69, 9.17) is 28.9 Å². The minimum absolute atomic E-state index is 0. The van der Waals surface area contributed by atoms with E-state index in [1.165, 1.54) is 0 Å². The molecule has 1 aromatic rings. The Morgan fingerprint density at radius 2 is 1.47 bits per heavy atom. The van der Waals surface area contributed by atoms with Crippen molar-refractivity contribution in [3.05, 3.63) is 24.3 Å². The summed E-state index contributed by atoms with van der Waals surface area (Å²) >= 11 is 12.0. The van der Waals surface area contributed by atoms with Crippen LogP contribution < -0.4 is 10.6 Å². The number of hydrogen-bond donors (Lipinski definition) is 1. The molecule has 1 rings (SSSR count). The highest BCUT2D eigenvalue weighted by Gasteiger charge is 2.16. The largest absolute Gasteiger partial charge is 0.399 e. The standard InChI is InChI=1S/C10H14Cl2N2.ClH/c1-7(11)14(8(2)12)10-5-3-9(13)4-6-10;/h3-8H,13H2,1-2H3;1H. The van der Waals surface area contributed by atoms with E-state index in [1.54, 1.807) is 0 Å². The zero-order valence-electron chi connectivity index (χ0n) is 8.65. The van der Waals surface area contributed by atoms with Crippen LogP contribution in [0.2, 0.25) is 0 Å². The Morgan fingerprint density at radius 1 is 1.07 bits per heavy atom. The number of nitrogen functional groups attached to an aromatic ring is 1. The number of anilines is 2. The maximum absolute atomic E-state index is 6.02. The molecule has 0 aliphatic heterocycles. The molecular weight excluding hydrogens is 254 g/mol. The summed E-state index contributed by atoms with van der Waals surface area (Å²) in [6.07, 6.45) is 0. The third-order valence-electron chi connectivity index (χ3n) is 1.96. The lowest BCUT2D eigenvalue weighted by Gasteiger charge is -2.29. The molecule has 0 aromatic heterocycles. The molecule has 0 fully saturated rings. The number of alkyl halides is 2. The molecule has 0 bridgehead atoms. The Hall–Kier alpha value is -0.310. The molecule has 0 saturated carbocycles. The Labute approximate surface area is 107 Å². The number of halogens is 3. The average Bonchev–Trinajstić information content (AvgIpc) is 2.07. The van der Waals surface area contributed by atoms with Crippen molar-refractivity contribution in [2.45, 2.75) is 24.8 Å². The van der Waals surface area contributed by atoms with Crippen molar-refractivity contribution in [1.29, 1.82) is 0 Å². The van der Waals surface area contributed by atoms with Gasteiger partial charge in [-0.25, -0.2) is 0 Å². The van der Waals surface area contributed by atoms with Gasteiger partial charge in [-0.3, -0.25) is 0 Å². The summed E-state index contributed by atoms with van der Waals surface area (Å²) in [6.45, 7) is 3.77. The molecule has 0 spiro atoms. The Balaban J connectivity index is 0.00000196. The molecule has 2 atom stereocenters. The Kier molecular flexibility index (Phi) is 6.18. The fourth-order valence-corrected chi connectivity index (χ4v) is 1.96. The predicted octanol–water partition coefficient (Wildman–Crippen LogP) is 3.67. The summed E-state index contributed by atoms with van der Waals surface area (Å²) in [5.74, 6) is 0. The predicted molar refractivity (Wildman–Crippen MR) is 71.2 cm³/mol. The molecule has 0 aliphatic carbocycles. The second kappa shape index (κ2) is 6.31. The second-order valence-electron chi connectivity index (χ2n) is 3.15. The number of rotatable bonds is 3. The molecule has 15 heavy (non-hydrogen) atoms. The summed E-state index contributed by atoms with van der Waals surface area (Å²) in [7, 11) is 0. The molecule has 1 aromatic carbocycles. The monoisotopic (exact) mass is 268 g/mol. The lowest BCUT2D eigenvalue weighted by Crippen LogP contribution is -2.34. The summed E-state index contributed by atoms with van der Waals surface area (Å²) in [5, 5.41) is 0.